The van der Waals surface area contributed by atoms with Gasteiger partial charge in [-0.1, -0.05) is 54.2 Å². The molecule has 0 unspecified atom stereocenters. The van der Waals surface area contributed by atoms with Gasteiger partial charge in [-0.2, -0.15) is 0 Å². The number of imidazole rings is 1. The Hall–Kier alpha value is -3.98. The summed E-state index contributed by atoms with van der Waals surface area (Å²) >= 11 is 1.37. The maximum atomic E-state index is 12.5. The van der Waals surface area contributed by atoms with Crippen LogP contribution in [0.5, 0.6) is 0 Å². The van der Waals surface area contributed by atoms with Crippen LogP contribution in [-0.2, 0) is 11.3 Å². The first-order valence-electron chi connectivity index (χ1n) is 10.4. The van der Waals surface area contributed by atoms with Gasteiger partial charge in [0.05, 0.1) is 18.0 Å². The first kappa shape index (κ1) is 20.9. The summed E-state index contributed by atoms with van der Waals surface area (Å²) in [7, 11) is 0. The number of amides is 1. The second-order valence-corrected chi connectivity index (χ2v) is 8.41. The van der Waals surface area contributed by atoms with Crippen molar-refractivity contribution >= 4 is 29.1 Å². The standard InChI is InChI=1S/C24H21N7OS/c1-17-28-29-24(31(17)14-18-6-3-2-4-7-18)33-16-22(32)26-20-10-8-19(9-11-20)21-15-30-13-5-12-25-23(30)27-21/h2-13,15H,14,16H2,1H3,(H,26,32). The number of fused-ring (bicyclic) bond motifs is 1. The molecule has 2 aromatic carbocycles. The first-order valence-corrected chi connectivity index (χ1v) is 11.4. The molecule has 0 fully saturated rings. The zero-order valence-corrected chi connectivity index (χ0v) is 18.7. The van der Waals surface area contributed by atoms with Gasteiger partial charge in [0.1, 0.15) is 5.82 Å². The lowest BCUT2D eigenvalue weighted by Gasteiger charge is -2.09. The summed E-state index contributed by atoms with van der Waals surface area (Å²) in [5.74, 6) is 1.61. The van der Waals surface area contributed by atoms with Crippen LogP contribution in [0.4, 0.5) is 5.69 Å². The van der Waals surface area contributed by atoms with Crippen molar-refractivity contribution in [3.05, 3.63) is 90.6 Å². The van der Waals surface area contributed by atoms with Crippen LogP contribution in [0, 0.1) is 6.92 Å². The largest absolute Gasteiger partial charge is 0.325 e. The van der Waals surface area contributed by atoms with Crippen LogP contribution in [0.1, 0.15) is 11.4 Å². The minimum Gasteiger partial charge on any atom is -0.325 e. The Morgan fingerprint density at radius 3 is 2.64 bits per heavy atom. The predicted molar refractivity (Wildman–Crippen MR) is 128 cm³/mol. The molecule has 0 atom stereocenters. The van der Waals surface area contributed by atoms with E-state index in [1.807, 2.05) is 76.8 Å². The molecule has 0 aliphatic heterocycles. The number of carbonyl (C=O) groups is 1. The second-order valence-electron chi connectivity index (χ2n) is 7.47. The Balaban J connectivity index is 1.20. The van der Waals surface area contributed by atoms with Crippen molar-refractivity contribution in [2.24, 2.45) is 0 Å². The van der Waals surface area contributed by atoms with E-state index in [1.165, 1.54) is 11.8 Å². The van der Waals surface area contributed by atoms with Gasteiger partial charge in [-0.25, -0.2) is 9.97 Å². The van der Waals surface area contributed by atoms with Crippen LogP contribution in [-0.4, -0.2) is 40.8 Å². The average molecular weight is 456 g/mol. The molecule has 3 aromatic heterocycles. The Labute approximate surface area is 194 Å². The molecular weight excluding hydrogens is 434 g/mol. The molecule has 9 heteroatoms. The number of nitrogens with one attached hydrogen (secondary N) is 1. The number of aromatic nitrogens is 6. The van der Waals surface area contributed by atoms with Crippen molar-refractivity contribution < 1.29 is 4.79 Å². The van der Waals surface area contributed by atoms with Crippen molar-refractivity contribution in [3.8, 4) is 11.3 Å². The SMILES string of the molecule is Cc1nnc(SCC(=O)Nc2ccc(-c3cn4cccnc4n3)cc2)n1Cc1ccccc1. The molecule has 0 saturated heterocycles. The Morgan fingerprint density at radius 2 is 1.85 bits per heavy atom. The number of anilines is 1. The summed E-state index contributed by atoms with van der Waals surface area (Å²) < 4.78 is 3.90. The quantitative estimate of drug-likeness (QED) is 0.372. The molecule has 0 spiro atoms. The van der Waals surface area contributed by atoms with Crippen molar-refractivity contribution in [3.63, 3.8) is 0 Å². The fourth-order valence-electron chi connectivity index (χ4n) is 3.44. The van der Waals surface area contributed by atoms with Crippen LogP contribution >= 0.6 is 11.8 Å². The number of thioether (sulfide) groups is 1. The summed E-state index contributed by atoms with van der Waals surface area (Å²) in [6.07, 6.45) is 5.56. The van der Waals surface area contributed by atoms with Crippen molar-refractivity contribution in [2.45, 2.75) is 18.6 Å². The van der Waals surface area contributed by atoms with E-state index >= 15 is 0 Å². The van der Waals surface area contributed by atoms with E-state index in [0.29, 0.717) is 12.3 Å². The van der Waals surface area contributed by atoms with Crippen LogP contribution < -0.4 is 5.32 Å². The molecule has 0 radical (unpaired) electrons. The molecule has 3 heterocycles. The minimum atomic E-state index is -0.100. The van der Waals surface area contributed by atoms with Crippen LogP contribution in [0.2, 0.25) is 0 Å². The summed E-state index contributed by atoms with van der Waals surface area (Å²) in [6.45, 7) is 2.59. The molecule has 164 valence electrons. The molecule has 5 aromatic rings. The van der Waals surface area contributed by atoms with E-state index in [9.17, 15) is 4.79 Å². The first-order chi connectivity index (χ1) is 16.2. The fourth-order valence-corrected chi connectivity index (χ4v) is 4.22. The summed E-state index contributed by atoms with van der Waals surface area (Å²) in [6, 6.07) is 19.6. The molecule has 0 bridgehead atoms. The van der Waals surface area contributed by atoms with Gasteiger partial charge < -0.3 is 9.88 Å². The van der Waals surface area contributed by atoms with Crippen molar-refractivity contribution in [1.29, 1.82) is 0 Å². The van der Waals surface area contributed by atoms with Crippen LogP contribution in [0.25, 0.3) is 17.0 Å². The Kier molecular flexibility index (Phi) is 5.86. The highest BCUT2D eigenvalue weighted by atomic mass is 32.2. The van der Waals surface area contributed by atoms with Gasteiger partial charge in [0.25, 0.3) is 0 Å². The third-order valence-corrected chi connectivity index (χ3v) is 6.08. The number of hydrogen-bond acceptors (Lipinski definition) is 6. The summed E-state index contributed by atoms with van der Waals surface area (Å²) in [5, 5.41) is 12.1. The van der Waals surface area contributed by atoms with Crippen LogP contribution in [0.3, 0.4) is 0 Å². The molecule has 8 nitrogen and oxygen atoms in total. The molecule has 0 saturated carbocycles. The van der Waals surface area contributed by atoms with Gasteiger partial charge in [0, 0.05) is 29.8 Å². The zero-order chi connectivity index (χ0) is 22.6. The van der Waals surface area contributed by atoms with Gasteiger partial charge >= 0.3 is 0 Å². The Morgan fingerprint density at radius 1 is 1.03 bits per heavy atom. The number of nitrogens with zero attached hydrogens (tertiary/aromatic N) is 6. The second kappa shape index (κ2) is 9.25. The van der Waals surface area contributed by atoms with Gasteiger partial charge in [-0.3, -0.25) is 9.20 Å². The fraction of sp³-hybridized carbons (Fsp3) is 0.125. The van der Waals surface area contributed by atoms with E-state index in [2.05, 4.69) is 37.6 Å². The number of carbonyl (C=O) groups excluding carboxylic acids is 1. The van der Waals surface area contributed by atoms with E-state index in [1.54, 1.807) is 6.20 Å². The van der Waals surface area contributed by atoms with Gasteiger partial charge in [-0.15, -0.1) is 10.2 Å². The summed E-state index contributed by atoms with van der Waals surface area (Å²) in [5.41, 5.74) is 3.67. The molecular formula is C24H21N7OS. The van der Waals surface area contributed by atoms with Gasteiger partial charge in [-0.05, 0) is 30.7 Å². The lowest BCUT2D eigenvalue weighted by molar-refractivity contribution is -0.113. The number of rotatable bonds is 7. The van der Waals surface area contributed by atoms with Crippen LogP contribution in [0.15, 0.2) is 84.4 Å². The van der Waals surface area contributed by atoms with Gasteiger partial charge in [0.2, 0.25) is 11.7 Å². The lowest BCUT2D eigenvalue weighted by atomic mass is 10.1. The van der Waals surface area contributed by atoms with Crippen molar-refractivity contribution in [1.82, 2.24) is 29.1 Å². The molecule has 1 amide bonds. The normalized spacial score (nSPS) is 11.1. The number of benzene rings is 2. The minimum absolute atomic E-state index is 0.100. The highest BCUT2D eigenvalue weighted by molar-refractivity contribution is 7.99. The van der Waals surface area contributed by atoms with E-state index < -0.39 is 0 Å². The van der Waals surface area contributed by atoms with E-state index in [-0.39, 0.29) is 11.7 Å². The molecule has 1 N–H and O–H groups in total. The highest BCUT2D eigenvalue weighted by Crippen LogP contribution is 2.22. The van der Waals surface area contributed by atoms with E-state index in [0.717, 1.165) is 33.5 Å². The number of aryl methyl sites for hydroxylation is 1. The monoisotopic (exact) mass is 455 g/mol. The van der Waals surface area contributed by atoms with Crippen molar-refractivity contribution in [2.75, 3.05) is 11.1 Å². The maximum Gasteiger partial charge on any atom is 0.234 e. The Bertz CT molecular complexity index is 1360. The summed E-state index contributed by atoms with van der Waals surface area (Å²) in [4.78, 5) is 21.3. The average Bonchev–Trinajstić information content (AvgIpc) is 3.43. The van der Waals surface area contributed by atoms with Gasteiger partial charge in [0.15, 0.2) is 5.16 Å². The topological polar surface area (TPSA) is 90.0 Å². The zero-order valence-electron chi connectivity index (χ0n) is 17.9. The molecule has 5 rings (SSSR count). The third kappa shape index (κ3) is 4.78. The molecule has 33 heavy (non-hydrogen) atoms. The number of hydrogen-bond donors (Lipinski definition) is 1. The maximum absolute atomic E-state index is 12.5. The molecule has 0 aliphatic carbocycles. The predicted octanol–water partition coefficient (Wildman–Crippen LogP) is 4.08. The van der Waals surface area contributed by atoms with E-state index in [4.69, 9.17) is 0 Å². The lowest BCUT2D eigenvalue weighted by Crippen LogP contribution is -2.14. The molecule has 0 aliphatic rings. The smallest absolute Gasteiger partial charge is 0.234 e. The third-order valence-electron chi connectivity index (χ3n) is 5.12. The highest BCUT2D eigenvalue weighted by Gasteiger charge is 2.13.